The van der Waals surface area contributed by atoms with Crippen molar-refractivity contribution in [2.75, 3.05) is 19.7 Å². The molecule has 1 unspecified atom stereocenters. The van der Waals surface area contributed by atoms with Crippen molar-refractivity contribution in [2.45, 2.75) is 77.6 Å². The molecule has 2 aromatic carbocycles. The number of nitrogens with two attached hydrogens (primary N) is 1. The minimum atomic E-state index is -5.08. The van der Waals surface area contributed by atoms with Crippen LogP contribution in [0.25, 0.3) is 5.69 Å². The fourth-order valence-electron chi connectivity index (χ4n) is 5.98. The van der Waals surface area contributed by atoms with E-state index >= 15 is 0 Å². The second kappa shape index (κ2) is 21.1. The van der Waals surface area contributed by atoms with Crippen LogP contribution in [-0.4, -0.2) is 97.2 Å². The van der Waals surface area contributed by atoms with Crippen molar-refractivity contribution in [1.29, 1.82) is 0 Å². The number of carbonyl (C=O) groups excluding carboxylic acids is 5. The smallest absolute Gasteiger partial charge is 0.475 e. The molecule has 3 aromatic rings. The minimum absolute atomic E-state index is 0.0595. The number of nitrogens with one attached hydrogen (secondary N) is 2. The standard InChI is InChI=1S/C37H45F2N7O6.C2HF3O2/c1-37(2,3)35(34-25(20-24-10-6-4-7-11-24)22-46(43-34)29-21-26(38)13-14-27(29)39)45(33(51)23-47)19-17-28(40)36(52)42-41-30(48)12-8-5-9-18-44-31(49)15-16-32(44)50;3-2(4,5)1(6)7/h4,6-7,10-11,13-16,21-22,28,35,47H,5,8-9,12,17-20,23,40H2,1-3H3,(H,41,48)(H,42,52);(H,6,7)/t28-,35?;/m0./s1. The summed E-state index contributed by atoms with van der Waals surface area (Å²) in [5, 5.41) is 21.8. The molecule has 15 nitrogen and oxygen atoms in total. The second-order valence-electron chi connectivity index (χ2n) is 14.5. The minimum Gasteiger partial charge on any atom is -0.475 e. The molecule has 0 radical (unpaired) electrons. The number of imide groups is 1. The van der Waals surface area contributed by atoms with E-state index in [2.05, 4.69) is 10.9 Å². The van der Waals surface area contributed by atoms with E-state index in [9.17, 15) is 51.0 Å². The number of amides is 5. The lowest BCUT2D eigenvalue weighted by atomic mass is 9.81. The average Bonchev–Trinajstić information content (AvgIpc) is 3.72. The number of aliphatic hydroxyl groups excluding tert-OH is 1. The summed E-state index contributed by atoms with van der Waals surface area (Å²) in [4.78, 5) is 73.2. The van der Waals surface area contributed by atoms with Crippen LogP contribution in [0.5, 0.6) is 0 Å². The highest BCUT2D eigenvalue weighted by Gasteiger charge is 2.39. The van der Waals surface area contributed by atoms with Crippen LogP contribution in [0.15, 0.2) is 66.9 Å². The molecule has 5 amide bonds. The summed E-state index contributed by atoms with van der Waals surface area (Å²) < 4.78 is 62.1. The van der Waals surface area contributed by atoms with Gasteiger partial charge in [-0.1, -0.05) is 57.5 Å². The van der Waals surface area contributed by atoms with Gasteiger partial charge in [0.2, 0.25) is 11.8 Å². The number of rotatable bonds is 16. The lowest BCUT2D eigenvalue weighted by Gasteiger charge is -2.40. The van der Waals surface area contributed by atoms with Gasteiger partial charge < -0.3 is 20.8 Å². The zero-order chi connectivity index (χ0) is 44.1. The number of unbranched alkanes of at least 4 members (excludes halogenated alkanes) is 2. The normalized spacial score (nSPS) is 13.7. The van der Waals surface area contributed by atoms with E-state index in [1.165, 1.54) is 21.7 Å². The molecule has 1 aromatic heterocycles. The molecule has 0 aliphatic carbocycles. The molecule has 2 atom stereocenters. The molecule has 1 aliphatic heterocycles. The lowest BCUT2D eigenvalue weighted by molar-refractivity contribution is -0.192. The van der Waals surface area contributed by atoms with Crippen LogP contribution in [0.1, 0.15) is 75.7 Å². The van der Waals surface area contributed by atoms with Crippen molar-refractivity contribution in [3.63, 3.8) is 0 Å². The van der Waals surface area contributed by atoms with Crippen molar-refractivity contribution in [3.8, 4) is 5.69 Å². The Morgan fingerprint density at radius 1 is 0.932 bits per heavy atom. The summed E-state index contributed by atoms with van der Waals surface area (Å²) in [6.07, 6.45) is 0.861. The van der Waals surface area contributed by atoms with Gasteiger partial charge in [-0.2, -0.15) is 18.3 Å². The maximum absolute atomic E-state index is 14.9. The molecule has 0 bridgehead atoms. The summed E-state index contributed by atoms with van der Waals surface area (Å²) in [6.45, 7) is 4.93. The maximum atomic E-state index is 14.9. The number of halogens is 5. The topological polar surface area (TPSA) is 217 Å². The first-order valence-corrected chi connectivity index (χ1v) is 18.3. The maximum Gasteiger partial charge on any atom is 0.490 e. The third-order valence-electron chi connectivity index (χ3n) is 8.83. The number of alkyl halides is 3. The monoisotopic (exact) mass is 835 g/mol. The van der Waals surface area contributed by atoms with Gasteiger partial charge in [0, 0.05) is 55.9 Å². The summed E-state index contributed by atoms with van der Waals surface area (Å²) in [5.41, 5.74) is 11.9. The van der Waals surface area contributed by atoms with Gasteiger partial charge in [0.25, 0.3) is 17.7 Å². The quantitative estimate of drug-likeness (QED) is 0.0611. The molecule has 0 saturated carbocycles. The second-order valence-corrected chi connectivity index (χ2v) is 14.5. The Balaban J connectivity index is 0.00000122. The molecular formula is C39H46F5N7O8. The van der Waals surface area contributed by atoms with Crippen molar-refractivity contribution in [2.24, 2.45) is 11.1 Å². The first-order chi connectivity index (χ1) is 27.6. The van der Waals surface area contributed by atoms with Gasteiger partial charge in [-0.3, -0.25) is 39.7 Å². The number of benzene rings is 2. The number of carboxylic acids is 1. The molecule has 1 aliphatic rings. The molecular weight excluding hydrogens is 789 g/mol. The van der Waals surface area contributed by atoms with Crippen LogP contribution in [0.4, 0.5) is 22.0 Å². The molecule has 0 fully saturated rings. The fourth-order valence-corrected chi connectivity index (χ4v) is 5.98. The van der Waals surface area contributed by atoms with Gasteiger partial charge >= 0.3 is 12.1 Å². The van der Waals surface area contributed by atoms with E-state index in [-0.39, 0.29) is 43.4 Å². The Morgan fingerprint density at radius 3 is 2.14 bits per heavy atom. The Morgan fingerprint density at radius 2 is 1.56 bits per heavy atom. The predicted molar refractivity (Wildman–Crippen MR) is 201 cm³/mol. The number of nitrogens with zero attached hydrogens (tertiary/aromatic N) is 4. The van der Waals surface area contributed by atoms with Crippen molar-refractivity contribution < 1.29 is 60.9 Å². The third kappa shape index (κ3) is 14.1. The van der Waals surface area contributed by atoms with Crippen LogP contribution in [0.2, 0.25) is 0 Å². The van der Waals surface area contributed by atoms with Gasteiger partial charge in [-0.15, -0.1) is 0 Å². The molecule has 2 heterocycles. The number of aromatic nitrogens is 2. The number of aliphatic carboxylic acids is 1. The summed E-state index contributed by atoms with van der Waals surface area (Å²) >= 11 is 0. The summed E-state index contributed by atoms with van der Waals surface area (Å²) in [5.74, 6) is -6.66. The molecule has 59 heavy (non-hydrogen) atoms. The zero-order valence-corrected chi connectivity index (χ0v) is 32.5. The van der Waals surface area contributed by atoms with Crippen LogP contribution in [-0.2, 0) is 35.2 Å². The number of hydrogen-bond acceptors (Lipinski definition) is 9. The Bertz CT molecular complexity index is 1980. The highest BCUT2D eigenvalue weighted by atomic mass is 19.4. The zero-order valence-electron chi connectivity index (χ0n) is 32.5. The van der Waals surface area contributed by atoms with Crippen LogP contribution >= 0.6 is 0 Å². The van der Waals surface area contributed by atoms with Gasteiger partial charge in [-0.25, -0.2) is 18.3 Å². The van der Waals surface area contributed by atoms with E-state index in [1.54, 1.807) is 6.20 Å². The van der Waals surface area contributed by atoms with E-state index in [0.717, 1.165) is 28.7 Å². The number of carbonyl (C=O) groups is 6. The largest absolute Gasteiger partial charge is 0.490 e. The van der Waals surface area contributed by atoms with Gasteiger partial charge in [0.15, 0.2) is 0 Å². The predicted octanol–water partition coefficient (Wildman–Crippen LogP) is 3.63. The first kappa shape index (κ1) is 47.4. The van der Waals surface area contributed by atoms with Gasteiger partial charge in [-0.05, 0) is 42.4 Å². The number of hydrazine groups is 1. The van der Waals surface area contributed by atoms with E-state index < -0.39 is 65.6 Å². The Labute approximate surface area is 336 Å². The highest BCUT2D eigenvalue weighted by molar-refractivity contribution is 6.12. The van der Waals surface area contributed by atoms with E-state index in [1.807, 2.05) is 51.1 Å². The highest BCUT2D eigenvalue weighted by Crippen LogP contribution is 2.40. The van der Waals surface area contributed by atoms with Crippen LogP contribution in [0.3, 0.4) is 0 Å². The fraction of sp³-hybridized carbons (Fsp3) is 0.410. The third-order valence-corrected chi connectivity index (χ3v) is 8.83. The Kier molecular flexibility index (Phi) is 17.0. The first-order valence-electron chi connectivity index (χ1n) is 18.3. The number of aliphatic hydroxyl groups is 1. The molecule has 4 rings (SSSR count). The van der Waals surface area contributed by atoms with Crippen molar-refractivity contribution in [3.05, 3.63) is 95.3 Å². The summed E-state index contributed by atoms with van der Waals surface area (Å²) in [6, 6.07) is 10.5. The lowest BCUT2D eigenvalue weighted by Crippen LogP contribution is -2.51. The summed E-state index contributed by atoms with van der Waals surface area (Å²) in [7, 11) is 0. The van der Waals surface area contributed by atoms with E-state index in [4.69, 9.17) is 20.7 Å². The van der Waals surface area contributed by atoms with E-state index in [0.29, 0.717) is 36.9 Å². The molecule has 0 saturated heterocycles. The molecule has 20 heteroatoms. The average molecular weight is 836 g/mol. The number of hydrogen-bond donors (Lipinski definition) is 5. The van der Waals surface area contributed by atoms with Crippen molar-refractivity contribution in [1.82, 2.24) is 30.4 Å². The SMILES string of the molecule is CC(C)(C)C(c1nn(-c2cc(F)ccc2F)cc1Cc1ccccc1)N(CC[C@H](N)C(=O)NNC(=O)CCCCCN1C(=O)C=CC1=O)C(=O)CO.O=C(O)C(F)(F)F. The van der Waals surface area contributed by atoms with Crippen LogP contribution in [0, 0.1) is 17.0 Å². The molecule has 0 spiro atoms. The van der Waals surface area contributed by atoms with Crippen LogP contribution < -0.4 is 16.6 Å². The molecule has 6 N–H and O–H groups in total. The van der Waals surface area contributed by atoms with Gasteiger partial charge in [0.1, 0.15) is 23.9 Å². The van der Waals surface area contributed by atoms with Gasteiger partial charge in [0.05, 0.1) is 17.8 Å². The number of carboxylic acid groups (broad SMARTS) is 1. The van der Waals surface area contributed by atoms with Crippen molar-refractivity contribution >= 4 is 35.5 Å². The Hall–Kier alpha value is -6.02. The molecule has 320 valence electrons.